The van der Waals surface area contributed by atoms with Crippen molar-refractivity contribution in [3.63, 3.8) is 0 Å². The van der Waals surface area contributed by atoms with Crippen molar-refractivity contribution in [3.05, 3.63) is 23.5 Å². The lowest BCUT2D eigenvalue weighted by atomic mass is 9.49. The number of carbonyl (C=O) groups is 1. The summed E-state index contributed by atoms with van der Waals surface area (Å²) < 4.78 is 0. The summed E-state index contributed by atoms with van der Waals surface area (Å²) in [5, 5.41) is 0.532. The van der Waals surface area contributed by atoms with Crippen LogP contribution in [0.1, 0.15) is 38.5 Å². The van der Waals surface area contributed by atoms with Gasteiger partial charge in [-0.05, 0) is 68.4 Å². The van der Waals surface area contributed by atoms with Gasteiger partial charge in [0.05, 0.1) is 5.41 Å². The van der Waals surface area contributed by atoms with Crippen molar-refractivity contribution in [2.75, 3.05) is 31.1 Å². The Labute approximate surface area is 154 Å². The molecule has 4 nitrogen and oxygen atoms in total. The monoisotopic (exact) mass is 359 g/mol. The molecular formula is C20H26ClN3O. The highest BCUT2D eigenvalue weighted by Gasteiger charge is 2.55. The van der Waals surface area contributed by atoms with Gasteiger partial charge in [0.1, 0.15) is 5.15 Å². The number of pyridine rings is 1. The number of piperazine rings is 1. The van der Waals surface area contributed by atoms with Crippen molar-refractivity contribution in [2.24, 2.45) is 23.2 Å². The number of carbonyl (C=O) groups excluding carboxylic acids is 1. The van der Waals surface area contributed by atoms with Crippen LogP contribution in [0.3, 0.4) is 0 Å². The molecule has 2 heterocycles. The molecule has 4 aliphatic carbocycles. The Morgan fingerprint density at radius 3 is 2.20 bits per heavy atom. The highest BCUT2D eigenvalue weighted by atomic mass is 35.5. The van der Waals surface area contributed by atoms with Gasteiger partial charge < -0.3 is 9.80 Å². The number of nitrogens with zero attached hydrogens (tertiary/aromatic N) is 3. The van der Waals surface area contributed by atoms with Crippen LogP contribution in [-0.2, 0) is 4.79 Å². The predicted molar refractivity (Wildman–Crippen MR) is 98.6 cm³/mol. The van der Waals surface area contributed by atoms with Crippen LogP contribution in [0.5, 0.6) is 0 Å². The Morgan fingerprint density at radius 1 is 1.04 bits per heavy atom. The fraction of sp³-hybridized carbons (Fsp3) is 0.700. The molecule has 5 fully saturated rings. The molecule has 5 heteroatoms. The molecule has 5 aliphatic rings. The van der Waals surface area contributed by atoms with Crippen molar-refractivity contribution >= 4 is 23.2 Å². The second-order valence-corrected chi connectivity index (χ2v) is 9.20. The van der Waals surface area contributed by atoms with E-state index >= 15 is 0 Å². The highest BCUT2D eigenvalue weighted by molar-refractivity contribution is 6.29. The van der Waals surface area contributed by atoms with Gasteiger partial charge in [0.2, 0.25) is 5.91 Å². The summed E-state index contributed by atoms with van der Waals surface area (Å²) in [7, 11) is 0. The maximum absolute atomic E-state index is 13.4. The molecule has 0 spiro atoms. The minimum Gasteiger partial charge on any atom is -0.368 e. The Morgan fingerprint density at radius 2 is 1.64 bits per heavy atom. The van der Waals surface area contributed by atoms with Crippen LogP contribution in [0.15, 0.2) is 18.3 Å². The van der Waals surface area contributed by atoms with E-state index in [0.29, 0.717) is 11.1 Å². The molecule has 1 aromatic rings. The molecular weight excluding hydrogens is 334 g/mol. The molecule has 1 saturated heterocycles. The second-order valence-electron chi connectivity index (χ2n) is 8.81. The third-order valence-electron chi connectivity index (χ3n) is 7.13. The second kappa shape index (κ2) is 5.87. The summed E-state index contributed by atoms with van der Waals surface area (Å²) in [5.41, 5.74) is 1.11. The molecule has 25 heavy (non-hydrogen) atoms. The third-order valence-corrected chi connectivity index (χ3v) is 7.34. The molecule has 0 unspecified atom stereocenters. The van der Waals surface area contributed by atoms with Crippen LogP contribution >= 0.6 is 11.6 Å². The van der Waals surface area contributed by atoms with Gasteiger partial charge in [0, 0.05) is 38.1 Å². The van der Waals surface area contributed by atoms with Crippen LogP contribution < -0.4 is 4.90 Å². The summed E-state index contributed by atoms with van der Waals surface area (Å²) in [5.74, 6) is 2.96. The van der Waals surface area contributed by atoms with Crippen molar-refractivity contribution in [1.29, 1.82) is 0 Å². The van der Waals surface area contributed by atoms with E-state index in [4.69, 9.17) is 11.6 Å². The van der Waals surface area contributed by atoms with Gasteiger partial charge >= 0.3 is 0 Å². The molecule has 4 saturated carbocycles. The summed E-state index contributed by atoms with van der Waals surface area (Å²) in [6.07, 6.45) is 9.42. The number of amides is 1. The van der Waals surface area contributed by atoms with Crippen LogP contribution in [0.4, 0.5) is 5.69 Å². The Bertz CT molecular complexity index is 648. The normalized spacial score (nSPS) is 36.8. The topological polar surface area (TPSA) is 36.4 Å². The summed E-state index contributed by atoms with van der Waals surface area (Å²) in [6, 6.07) is 3.92. The Hall–Kier alpha value is -1.29. The number of halogens is 1. The van der Waals surface area contributed by atoms with Gasteiger partial charge in [0.25, 0.3) is 0 Å². The van der Waals surface area contributed by atoms with Gasteiger partial charge in [-0.2, -0.15) is 0 Å². The minimum atomic E-state index is -0.00308. The van der Waals surface area contributed by atoms with E-state index in [1.807, 2.05) is 12.1 Å². The Balaban J connectivity index is 1.27. The molecule has 1 amide bonds. The standard InChI is InChI=1S/C20H26ClN3O/c21-18-10-17(1-2-22-18)23-3-5-24(6-4-23)19(25)20-11-14-7-15(12-20)9-16(8-14)13-20/h1-2,10,14-16H,3-9,11-13H2. The van der Waals surface area contributed by atoms with Crippen LogP contribution in [0.2, 0.25) is 5.15 Å². The number of hydrogen-bond acceptors (Lipinski definition) is 3. The summed E-state index contributed by atoms with van der Waals surface area (Å²) >= 11 is 6.02. The molecule has 0 aromatic carbocycles. The van der Waals surface area contributed by atoms with E-state index in [0.717, 1.165) is 49.6 Å². The fourth-order valence-electron chi connectivity index (χ4n) is 6.46. The van der Waals surface area contributed by atoms with Gasteiger partial charge in [-0.15, -0.1) is 0 Å². The maximum Gasteiger partial charge on any atom is 0.228 e. The molecule has 134 valence electrons. The molecule has 0 N–H and O–H groups in total. The summed E-state index contributed by atoms with van der Waals surface area (Å²) in [6.45, 7) is 3.44. The van der Waals surface area contributed by atoms with Gasteiger partial charge in [-0.1, -0.05) is 11.6 Å². The third kappa shape index (κ3) is 2.73. The minimum absolute atomic E-state index is 0.00308. The smallest absolute Gasteiger partial charge is 0.228 e. The van der Waals surface area contributed by atoms with E-state index in [2.05, 4.69) is 14.8 Å². The molecule has 1 aliphatic heterocycles. The number of hydrogen-bond donors (Lipinski definition) is 0. The van der Waals surface area contributed by atoms with Crippen molar-refractivity contribution in [1.82, 2.24) is 9.88 Å². The zero-order valence-electron chi connectivity index (χ0n) is 14.7. The van der Waals surface area contributed by atoms with E-state index in [-0.39, 0.29) is 5.41 Å². The number of anilines is 1. The van der Waals surface area contributed by atoms with E-state index in [9.17, 15) is 4.79 Å². The zero-order valence-corrected chi connectivity index (χ0v) is 15.4. The number of rotatable bonds is 2. The lowest BCUT2D eigenvalue weighted by Crippen LogP contribution is -2.58. The molecule has 0 atom stereocenters. The number of aromatic nitrogens is 1. The van der Waals surface area contributed by atoms with Crippen LogP contribution in [0.25, 0.3) is 0 Å². The lowest BCUT2D eigenvalue weighted by Gasteiger charge is -2.57. The first-order chi connectivity index (χ1) is 12.1. The lowest BCUT2D eigenvalue weighted by molar-refractivity contribution is -0.158. The zero-order chi connectivity index (χ0) is 17.0. The molecule has 6 rings (SSSR count). The van der Waals surface area contributed by atoms with Crippen molar-refractivity contribution in [2.45, 2.75) is 38.5 Å². The van der Waals surface area contributed by atoms with Gasteiger partial charge in [-0.25, -0.2) is 4.98 Å². The average molecular weight is 360 g/mol. The van der Waals surface area contributed by atoms with Gasteiger partial charge in [-0.3, -0.25) is 4.79 Å². The largest absolute Gasteiger partial charge is 0.368 e. The van der Waals surface area contributed by atoms with E-state index in [1.165, 1.54) is 38.5 Å². The first kappa shape index (κ1) is 15.9. The molecule has 1 aromatic heterocycles. The highest BCUT2D eigenvalue weighted by Crippen LogP contribution is 2.60. The maximum atomic E-state index is 13.4. The van der Waals surface area contributed by atoms with E-state index < -0.39 is 0 Å². The van der Waals surface area contributed by atoms with Crippen molar-refractivity contribution in [3.8, 4) is 0 Å². The van der Waals surface area contributed by atoms with Crippen LogP contribution in [-0.4, -0.2) is 42.0 Å². The van der Waals surface area contributed by atoms with Crippen molar-refractivity contribution < 1.29 is 4.79 Å². The predicted octanol–water partition coefficient (Wildman–Crippen LogP) is 3.60. The Kier molecular flexibility index (Phi) is 3.74. The fourth-order valence-corrected chi connectivity index (χ4v) is 6.63. The molecule has 0 radical (unpaired) electrons. The quantitative estimate of drug-likeness (QED) is 0.757. The first-order valence-corrected chi connectivity index (χ1v) is 10.1. The van der Waals surface area contributed by atoms with Crippen LogP contribution in [0, 0.1) is 23.2 Å². The summed E-state index contributed by atoms with van der Waals surface area (Å²) in [4.78, 5) is 22.0. The first-order valence-electron chi connectivity index (χ1n) is 9.77. The van der Waals surface area contributed by atoms with E-state index in [1.54, 1.807) is 6.20 Å². The van der Waals surface area contributed by atoms with Gasteiger partial charge in [0.15, 0.2) is 0 Å². The molecule has 4 bridgehead atoms. The SMILES string of the molecule is O=C(N1CCN(c2ccnc(Cl)c2)CC1)C12CC3CC(CC(C3)C1)C2. The average Bonchev–Trinajstić information content (AvgIpc) is 2.60.